The number of halogens is 4. The average molecular weight is 418 g/mol. The zero-order valence-corrected chi connectivity index (χ0v) is 15.1. The standard InChI is InChI=1S/C14H18F3N3O4S.ClH/c15-14(16,17)24-11-3-5-12(6-4-11)25(22,23)19-9-13(21)20-10-2-1-7-18-8-10;/h3-6,10,18-19H,1-2,7-9H2,(H,20,21);1H. The van der Waals surface area contributed by atoms with Crippen LogP contribution in [-0.4, -0.2) is 46.4 Å². The Morgan fingerprint density at radius 3 is 2.46 bits per heavy atom. The number of piperidine rings is 1. The number of hydrogen-bond acceptors (Lipinski definition) is 5. The Labute approximate surface area is 155 Å². The summed E-state index contributed by atoms with van der Waals surface area (Å²) in [5.41, 5.74) is 0. The largest absolute Gasteiger partial charge is 0.573 e. The predicted octanol–water partition coefficient (Wildman–Crippen LogP) is 1.15. The molecule has 1 unspecified atom stereocenters. The van der Waals surface area contributed by atoms with Crippen molar-refractivity contribution < 1.29 is 31.1 Å². The van der Waals surface area contributed by atoms with E-state index in [9.17, 15) is 26.4 Å². The Morgan fingerprint density at radius 1 is 1.27 bits per heavy atom. The van der Waals surface area contributed by atoms with Gasteiger partial charge >= 0.3 is 6.36 Å². The van der Waals surface area contributed by atoms with Gasteiger partial charge in [-0.2, -0.15) is 0 Å². The van der Waals surface area contributed by atoms with Gasteiger partial charge in [-0.05, 0) is 43.7 Å². The summed E-state index contributed by atoms with van der Waals surface area (Å²) in [7, 11) is -4.02. The SMILES string of the molecule is Cl.O=C(CNS(=O)(=O)c1ccc(OC(F)(F)F)cc1)NC1CCCNC1. The van der Waals surface area contributed by atoms with Gasteiger partial charge in [0.1, 0.15) is 5.75 Å². The first-order chi connectivity index (χ1) is 11.7. The molecule has 1 amide bonds. The van der Waals surface area contributed by atoms with Gasteiger partial charge in [0.05, 0.1) is 11.4 Å². The molecule has 12 heteroatoms. The second-order valence-corrected chi connectivity index (χ2v) is 7.22. The lowest BCUT2D eigenvalue weighted by molar-refractivity contribution is -0.274. The summed E-state index contributed by atoms with van der Waals surface area (Å²) in [5.74, 6) is -1.01. The molecule has 0 radical (unpaired) electrons. The second-order valence-electron chi connectivity index (χ2n) is 5.45. The Morgan fingerprint density at radius 2 is 1.92 bits per heavy atom. The van der Waals surface area contributed by atoms with Gasteiger partial charge in [-0.15, -0.1) is 25.6 Å². The predicted molar refractivity (Wildman–Crippen MR) is 89.6 cm³/mol. The van der Waals surface area contributed by atoms with Gasteiger partial charge in [-0.3, -0.25) is 4.79 Å². The maximum absolute atomic E-state index is 12.1. The number of benzene rings is 1. The second kappa shape index (κ2) is 9.40. The van der Waals surface area contributed by atoms with Crippen molar-refractivity contribution in [3.63, 3.8) is 0 Å². The fourth-order valence-electron chi connectivity index (χ4n) is 2.32. The molecule has 0 spiro atoms. The molecule has 1 fully saturated rings. The molecule has 0 bridgehead atoms. The summed E-state index contributed by atoms with van der Waals surface area (Å²) in [6.45, 7) is 1.05. The third-order valence-electron chi connectivity index (χ3n) is 3.45. The first kappa shape index (κ1) is 22.5. The van der Waals surface area contributed by atoms with E-state index >= 15 is 0 Å². The third-order valence-corrected chi connectivity index (χ3v) is 4.87. The number of sulfonamides is 1. The molecule has 0 aliphatic carbocycles. The summed E-state index contributed by atoms with van der Waals surface area (Å²) < 4.78 is 66.1. The molecule has 1 aliphatic rings. The Bertz CT molecular complexity index is 692. The smallest absolute Gasteiger partial charge is 0.406 e. The third kappa shape index (κ3) is 7.36. The normalized spacial score (nSPS) is 17.9. The summed E-state index contributed by atoms with van der Waals surface area (Å²) in [5, 5.41) is 5.82. The first-order valence-electron chi connectivity index (χ1n) is 7.51. The Hall–Kier alpha value is -1.56. The molecule has 1 aromatic carbocycles. The summed E-state index contributed by atoms with van der Waals surface area (Å²) in [6.07, 6.45) is -3.13. The zero-order chi connectivity index (χ0) is 18.5. The first-order valence-corrected chi connectivity index (χ1v) is 8.99. The topological polar surface area (TPSA) is 96.5 Å². The van der Waals surface area contributed by atoms with Crippen molar-refractivity contribution in [3.05, 3.63) is 24.3 Å². The van der Waals surface area contributed by atoms with Crippen LogP contribution < -0.4 is 20.1 Å². The van der Waals surface area contributed by atoms with Crippen LogP contribution in [0.2, 0.25) is 0 Å². The highest BCUT2D eigenvalue weighted by molar-refractivity contribution is 7.89. The minimum Gasteiger partial charge on any atom is -0.406 e. The number of ether oxygens (including phenoxy) is 1. The molecule has 1 atom stereocenters. The van der Waals surface area contributed by atoms with Crippen LogP contribution in [0.15, 0.2) is 29.2 Å². The maximum Gasteiger partial charge on any atom is 0.573 e. The molecule has 0 aromatic heterocycles. The van der Waals surface area contributed by atoms with Crippen LogP contribution in [0.25, 0.3) is 0 Å². The van der Waals surface area contributed by atoms with E-state index in [1.165, 1.54) is 0 Å². The van der Waals surface area contributed by atoms with Crippen LogP contribution in [0.3, 0.4) is 0 Å². The molecule has 1 aromatic rings. The van der Waals surface area contributed by atoms with Gasteiger partial charge in [-0.25, -0.2) is 13.1 Å². The molecule has 2 rings (SSSR count). The number of nitrogens with one attached hydrogen (secondary N) is 3. The monoisotopic (exact) mass is 417 g/mol. The molecule has 1 saturated heterocycles. The van der Waals surface area contributed by atoms with Crippen molar-refractivity contribution >= 4 is 28.3 Å². The molecule has 0 saturated carbocycles. The fraction of sp³-hybridized carbons (Fsp3) is 0.500. The molecular formula is C14H19ClF3N3O4S. The van der Waals surface area contributed by atoms with Crippen LogP contribution in [0, 0.1) is 0 Å². The van der Waals surface area contributed by atoms with E-state index in [1.807, 2.05) is 0 Å². The Kier molecular flexibility index (Phi) is 8.13. The van der Waals surface area contributed by atoms with E-state index in [4.69, 9.17) is 0 Å². The minimum atomic E-state index is -4.86. The number of hydrogen-bond donors (Lipinski definition) is 3. The number of amides is 1. The lowest BCUT2D eigenvalue weighted by Crippen LogP contribution is -2.48. The van der Waals surface area contributed by atoms with E-state index in [2.05, 4.69) is 20.1 Å². The van der Waals surface area contributed by atoms with E-state index < -0.39 is 34.6 Å². The van der Waals surface area contributed by atoms with Gasteiger partial charge in [0.15, 0.2) is 0 Å². The quantitative estimate of drug-likeness (QED) is 0.645. The minimum absolute atomic E-state index is 0. The van der Waals surface area contributed by atoms with Crippen LogP contribution in [0.4, 0.5) is 13.2 Å². The lowest BCUT2D eigenvalue weighted by Gasteiger charge is -2.23. The molecular weight excluding hydrogens is 399 g/mol. The van der Waals surface area contributed by atoms with Crippen LogP contribution in [0.5, 0.6) is 5.75 Å². The fourth-order valence-corrected chi connectivity index (χ4v) is 3.30. The van der Waals surface area contributed by atoms with E-state index in [1.54, 1.807) is 0 Å². The van der Waals surface area contributed by atoms with Crippen molar-refractivity contribution in [2.24, 2.45) is 0 Å². The van der Waals surface area contributed by atoms with Crippen molar-refractivity contribution in [3.8, 4) is 5.75 Å². The van der Waals surface area contributed by atoms with Crippen LogP contribution in [0.1, 0.15) is 12.8 Å². The van der Waals surface area contributed by atoms with Gasteiger partial charge in [-0.1, -0.05) is 0 Å². The number of carbonyl (C=O) groups excluding carboxylic acids is 1. The van der Waals surface area contributed by atoms with Crippen molar-refractivity contribution in [1.82, 2.24) is 15.4 Å². The number of alkyl halides is 3. The average Bonchev–Trinajstić information content (AvgIpc) is 2.53. The van der Waals surface area contributed by atoms with Gasteiger partial charge < -0.3 is 15.4 Å². The zero-order valence-electron chi connectivity index (χ0n) is 13.5. The van der Waals surface area contributed by atoms with Gasteiger partial charge in [0.2, 0.25) is 15.9 Å². The number of rotatable bonds is 6. The maximum atomic E-state index is 12.1. The van der Waals surface area contributed by atoms with Crippen molar-refractivity contribution in [2.75, 3.05) is 19.6 Å². The van der Waals surface area contributed by atoms with Crippen LogP contribution >= 0.6 is 12.4 Å². The van der Waals surface area contributed by atoms with E-state index in [0.29, 0.717) is 6.54 Å². The number of carbonyl (C=O) groups is 1. The summed E-state index contributed by atoms with van der Waals surface area (Å²) in [4.78, 5) is 11.5. The molecule has 1 aliphatic heterocycles. The summed E-state index contributed by atoms with van der Waals surface area (Å²) >= 11 is 0. The van der Waals surface area contributed by atoms with Crippen LogP contribution in [-0.2, 0) is 14.8 Å². The van der Waals surface area contributed by atoms with E-state index in [0.717, 1.165) is 43.7 Å². The highest BCUT2D eigenvalue weighted by atomic mass is 35.5. The lowest BCUT2D eigenvalue weighted by atomic mass is 10.1. The molecule has 26 heavy (non-hydrogen) atoms. The Balaban J connectivity index is 0.00000338. The highest BCUT2D eigenvalue weighted by Gasteiger charge is 2.31. The highest BCUT2D eigenvalue weighted by Crippen LogP contribution is 2.23. The molecule has 1 heterocycles. The molecule has 148 valence electrons. The van der Waals surface area contributed by atoms with Gasteiger partial charge in [0, 0.05) is 12.6 Å². The van der Waals surface area contributed by atoms with E-state index in [-0.39, 0.29) is 23.3 Å². The molecule has 3 N–H and O–H groups in total. The van der Waals surface area contributed by atoms with Crippen molar-refractivity contribution in [2.45, 2.75) is 30.1 Å². The van der Waals surface area contributed by atoms with Gasteiger partial charge in [0.25, 0.3) is 0 Å². The van der Waals surface area contributed by atoms with Crippen molar-refractivity contribution in [1.29, 1.82) is 0 Å². The molecule has 7 nitrogen and oxygen atoms in total. The summed E-state index contributed by atoms with van der Waals surface area (Å²) in [6, 6.07) is 3.65.